The molecule has 2 rings (SSSR count). The van der Waals surface area contributed by atoms with E-state index in [2.05, 4.69) is 5.32 Å². The second-order valence-corrected chi connectivity index (χ2v) is 7.16. The van der Waals surface area contributed by atoms with Crippen LogP contribution >= 0.6 is 0 Å². The zero-order chi connectivity index (χ0) is 19.2. The summed E-state index contributed by atoms with van der Waals surface area (Å²) < 4.78 is 27.7. The first-order valence-electron chi connectivity index (χ1n) is 7.95. The molecule has 138 valence electrons. The van der Waals surface area contributed by atoms with Gasteiger partial charge in [0.2, 0.25) is 10.0 Å². The number of nitrogens with two attached hydrogens (primary N) is 1. The Morgan fingerprint density at radius 2 is 1.81 bits per heavy atom. The van der Waals surface area contributed by atoms with E-state index in [-0.39, 0.29) is 10.6 Å². The summed E-state index contributed by atoms with van der Waals surface area (Å²) in [6.45, 7) is 1.39. The van der Waals surface area contributed by atoms with E-state index in [1.54, 1.807) is 0 Å². The van der Waals surface area contributed by atoms with Crippen molar-refractivity contribution in [1.29, 1.82) is 0 Å². The number of benzene rings is 2. The number of carbonyl (C=O) groups is 2. The maximum Gasteiger partial charge on any atom is 0.313 e. The molecule has 0 aromatic heterocycles. The Kier molecular flexibility index (Phi) is 6.48. The fourth-order valence-electron chi connectivity index (χ4n) is 2.41. The zero-order valence-electron chi connectivity index (χ0n) is 14.2. The molecule has 0 heterocycles. The number of amides is 1. The number of hydrogen-bond acceptors (Lipinski definition) is 5. The Labute approximate surface area is 152 Å². The number of esters is 1. The third-order valence-corrected chi connectivity index (χ3v) is 4.60. The van der Waals surface area contributed by atoms with Gasteiger partial charge in [-0.1, -0.05) is 43.3 Å². The highest BCUT2D eigenvalue weighted by molar-refractivity contribution is 7.89. The fraction of sp³-hybridized carbons (Fsp3) is 0.222. The van der Waals surface area contributed by atoms with E-state index < -0.39 is 34.4 Å². The van der Waals surface area contributed by atoms with Crippen LogP contribution in [-0.2, 0) is 24.3 Å². The highest BCUT2D eigenvalue weighted by Crippen LogP contribution is 2.20. The quantitative estimate of drug-likeness (QED) is 0.717. The number of carbonyl (C=O) groups excluding carboxylic acids is 2. The van der Waals surface area contributed by atoms with Crippen molar-refractivity contribution >= 4 is 27.6 Å². The molecule has 0 unspecified atom stereocenters. The summed E-state index contributed by atoms with van der Waals surface area (Å²) in [5, 5.41) is 7.52. The van der Waals surface area contributed by atoms with Crippen molar-refractivity contribution < 1.29 is 22.7 Å². The lowest BCUT2D eigenvalue weighted by atomic mass is 9.97. The molecule has 8 heteroatoms. The molecule has 0 fully saturated rings. The van der Waals surface area contributed by atoms with Crippen molar-refractivity contribution in [3.8, 4) is 0 Å². The smallest absolute Gasteiger partial charge is 0.313 e. The number of sulfonamides is 1. The molecule has 0 aliphatic rings. The van der Waals surface area contributed by atoms with Gasteiger partial charge in [0.1, 0.15) is 0 Å². The minimum Gasteiger partial charge on any atom is -0.455 e. The first kappa shape index (κ1) is 19.6. The molecular formula is C18H20N2O5S. The van der Waals surface area contributed by atoms with E-state index in [0.29, 0.717) is 6.42 Å². The van der Waals surface area contributed by atoms with Crippen LogP contribution in [0.3, 0.4) is 0 Å². The molecule has 1 amide bonds. The zero-order valence-corrected chi connectivity index (χ0v) is 15.0. The van der Waals surface area contributed by atoms with Gasteiger partial charge in [0.25, 0.3) is 5.91 Å². The van der Waals surface area contributed by atoms with Gasteiger partial charge in [0.05, 0.1) is 10.8 Å². The molecular weight excluding hydrogens is 356 g/mol. The van der Waals surface area contributed by atoms with Crippen LogP contribution in [0.4, 0.5) is 5.69 Å². The number of nitrogens with one attached hydrogen (secondary N) is 1. The third-order valence-electron chi connectivity index (χ3n) is 3.69. The average molecular weight is 376 g/mol. The van der Waals surface area contributed by atoms with Gasteiger partial charge in [-0.25, -0.2) is 13.6 Å². The first-order chi connectivity index (χ1) is 12.3. The van der Waals surface area contributed by atoms with E-state index in [0.717, 1.165) is 5.56 Å². The number of anilines is 1. The normalized spacial score (nSPS) is 12.2. The molecule has 26 heavy (non-hydrogen) atoms. The number of primary sulfonamides is 1. The van der Waals surface area contributed by atoms with Gasteiger partial charge in [-0.15, -0.1) is 0 Å². The maximum atomic E-state index is 12.2. The van der Waals surface area contributed by atoms with Gasteiger partial charge >= 0.3 is 5.97 Å². The molecule has 0 aliphatic carbocycles. The molecule has 0 saturated carbocycles. The van der Waals surface area contributed by atoms with E-state index in [1.807, 2.05) is 37.3 Å². The lowest BCUT2D eigenvalue weighted by Crippen LogP contribution is -2.24. The Morgan fingerprint density at radius 1 is 1.12 bits per heavy atom. The highest BCUT2D eigenvalue weighted by atomic mass is 32.2. The van der Waals surface area contributed by atoms with Crippen LogP contribution < -0.4 is 10.5 Å². The van der Waals surface area contributed by atoms with Crippen LogP contribution in [0.2, 0.25) is 0 Å². The second kappa shape index (κ2) is 8.59. The van der Waals surface area contributed by atoms with Crippen LogP contribution in [0.5, 0.6) is 0 Å². The summed E-state index contributed by atoms with van der Waals surface area (Å²) in [7, 11) is -3.87. The average Bonchev–Trinajstić information content (AvgIpc) is 2.61. The molecule has 2 aromatic rings. The van der Waals surface area contributed by atoms with E-state index in [4.69, 9.17) is 9.88 Å². The van der Waals surface area contributed by atoms with Crippen LogP contribution in [0.1, 0.15) is 24.8 Å². The van der Waals surface area contributed by atoms with Gasteiger partial charge in [-0.2, -0.15) is 0 Å². The van der Waals surface area contributed by atoms with Crippen LogP contribution in [0.15, 0.2) is 59.5 Å². The predicted octanol–water partition coefficient (Wildman–Crippen LogP) is 2.01. The molecule has 2 aromatic carbocycles. The van der Waals surface area contributed by atoms with Gasteiger partial charge in [0.15, 0.2) is 6.61 Å². The molecule has 0 spiro atoms. The summed E-state index contributed by atoms with van der Waals surface area (Å²) in [5.74, 6) is -1.52. The lowest BCUT2D eigenvalue weighted by molar-refractivity contribution is -0.149. The minimum absolute atomic E-state index is 0.123. The van der Waals surface area contributed by atoms with E-state index in [1.165, 1.54) is 24.3 Å². The van der Waals surface area contributed by atoms with Crippen LogP contribution in [0.25, 0.3) is 0 Å². The van der Waals surface area contributed by atoms with Gasteiger partial charge in [-0.05, 0) is 30.2 Å². The summed E-state index contributed by atoms with van der Waals surface area (Å²) in [4.78, 5) is 24.1. The Bertz CT molecular complexity index is 881. The highest BCUT2D eigenvalue weighted by Gasteiger charge is 2.21. The van der Waals surface area contributed by atoms with Crippen molar-refractivity contribution in [3.63, 3.8) is 0 Å². The van der Waals surface area contributed by atoms with Gasteiger partial charge in [-0.3, -0.25) is 9.59 Å². The summed E-state index contributed by atoms with van der Waals surface area (Å²) in [5.41, 5.74) is 1.06. The molecule has 0 bridgehead atoms. The summed E-state index contributed by atoms with van der Waals surface area (Å²) in [6.07, 6.45) is 0.543. The summed E-state index contributed by atoms with van der Waals surface area (Å²) in [6, 6.07) is 14.7. The monoisotopic (exact) mass is 376 g/mol. The first-order valence-corrected chi connectivity index (χ1v) is 9.50. The molecule has 0 aliphatic heterocycles. The Balaban J connectivity index is 1.95. The second-order valence-electron chi connectivity index (χ2n) is 5.60. The molecule has 0 radical (unpaired) electrons. The summed E-state index contributed by atoms with van der Waals surface area (Å²) >= 11 is 0. The third kappa shape index (κ3) is 5.40. The van der Waals surface area contributed by atoms with Gasteiger partial charge in [0, 0.05) is 5.69 Å². The maximum absolute atomic E-state index is 12.2. The van der Waals surface area contributed by atoms with Gasteiger partial charge < -0.3 is 10.1 Å². The van der Waals surface area contributed by atoms with Crippen molar-refractivity contribution in [3.05, 3.63) is 60.2 Å². The number of ether oxygens (including phenoxy) is 1. The van der Waals surface area contributed by atoms with Crippen molar-refractivity contribution in [2.24, 2.45) is 5.14 Å². The van der Waals surface area contributed by atoms with E-state index >= 15 is 0 Å². The van der Waals surface area contributed by atoms with Crippen molar-refractivity contribution in [2.45, 2.75) is 24.2 Å². The molecule has 0 saturated heterocycles. The van der Waals surface area contributed by atoms with E-state index in [9.17, 15) is 18.0 Å². The Hall–Kier alpha value is -2.71. The molecule has 7 nitrogen and oxygen atoms in total. The molecule has 3 N–H and O–H groups in total. The lowest BCUT2D eigenvalue weighted by Gasteiger charge is -2.14. The predicted molar refractivity (Wildman–Crippen MR) is 96.9 cm³/mol. The van der Waals surface area contributed by atoms with Crippen molar-refractivity contribution in [1.82, 2.24) is 0 Å². The Morgan fingerprint density at radius 3 is 2.42 bits per heavy atom. The number of rotatable bonds is 7. The SMILES string of the molecule is CC[C@H](C(=O)OCC(=O)Nc1cccc(S(N)(=O)=O)c1)c1ccccc1. The molecule has 1 atom stereocenters. The topological polar surface area (TPSA) is 116 Å². The fourth-order valence-corrected chi connectivity index (χ4v) is 2.97. The minimum atomic E-state index is -3.87. The van der Waals surface area contributed by atoms with Crippen LogP contribution in [-0.4, -0.2) is 26.9 Å². The standard InChI is InChI=1S/C18H20N2O5S/c1-2-16(13-7-4-3-5-8-13)18(22)25-12-17(21)20-14-9-6-10-15(11-14)26(19,23)24/h3-11,16H,2,12H2,1H3,(H,20,21)(H2,19,23,24)/t16-/m0/s1. The van der Waals surface area contributed by atoms with Crippen LogP contribution in [0, 0.1) is 0 Å². The number of hydrogen-bond donors (Lipinski definition) is 2. The largest absolute Gasteiger partial charge is 0.455 e. The van der Waals surface area contributed by atoms with Crippen molar-refractivity contribution in [2.75, 3.05) is 11.9 Å².